The molecule has 0 spiro atoms. The molecule has 1 aromatic rings. The molecule has 7 atom stereocenters. The topological polar surface area (TPSA) is 233 Å². The summed E-state index contributed by atoms with van der Waals surface area (Å²) >= 11 is 0. The van der Waals surface area contributed by atoms with Crippen LogP contribution in [0.2, 0.25) is 0 Å². The van der Waals surface area contributed by atoms with E-state index in [-0.39, 0.29) is 0 Å². The summed E-state index contributed by atoms with van der Waals surface area (Å²) in [6.45, 7) is -2.65. The molecule has 1 fully saturated rings. The molecule has 3 unspecified atom stereocenters. The molecule has 32 heavy (non-hydrogen) atoms. The van der Waals surface area contributed by atoms with Crippen LogP contribution in [0.4, 0.5) is 4.39 Å². The largest absolute Gasteiger partial charge is 0.708 e. The van der Waals surface area contributed by atoms with Gasteiger partial charge in [-0.2, -0.15) is 4.31 Å². The molecular weight excluding hydrogens is 508 g/mol. The molecule has 0 aliphatic carbocycles. The number of phosphoric acid groups is 2. The monoisotopic (exact) mass is 523 g/mol. The molecule has 1 saturated heterocycles. The van der Waals surface area contributed by atoms with Crippen LogP contribution in [0, 0.1) is 18.3 Å². The average molecular weight is 523 g/mol. The van der Waals surface area contributed by atoms with Crippen LogP contribution in [0.25, 0.3) is 0 Å². The Hall–Kier alpha value is -1.63. The first kappa shape index (κ1) is 26.6. The standard InChI is InChI=1S/C12H14FN2O14P3/c1-2-7-9(17)12(5-13,26-10(7)15-4-3-8(16)14-11(15)18)6-25-30(20)28-32(23,24)29-31(21,22)27-19/h1,3-4,7,9-10,17H,5-6H2,(H3-,14,16,18,19,21,22,23,24)/p+1/t7-,9-,10+,12+/m0/s1. The zero-order valence-corrected chi connectivity index (χ0v) is 18.1. The number of nitrogens with zero attached hydrogens (tertiary/aromatic N) is 1. The van der Waals surface area contributed by atoms with Crippen molar-refractivity contribution in [2.24, 2.45) is 5.92 Å². The number of aromatic nitrogens is 2. The van der Waals surface area contributed by atoms with Crippen LogP contribution in [0.5, 0.6) is 0 Å². The first-order valence-corrected chi connectivity index (χ1v) is 12.1. The lowest BCUT2D eigenvalue weighted by atomic mass is 9.91. The Morgan fingerprint density at radius 2 is 2.03 bits per heavy atom. The molecule has 0 saturated carbocycles. The fraction of sp³-hybridized carbons (Fsp3) is 0.500. The second-order valence-corrected chi connectivity index (χ2v) is 10.1. The van der Waals surface area contributed by atoms with Crippen molar-refractivity contribution in [3.8, 4) is 12.3 Å². The Bertz CT molecular complexity index is 1120. The minimum Gasteiger partial charge on any atom is -0.388 e. The lowest BCUT2D eigenvalue weighted by molar-refractivity contribution is -0.157. The van der Waals surface area contributed by atoms with Crippen molar-refractivity contribution >= 4 is 23.9 Å². The normalized spacial score (nSPS) is 29.6. The molecule has 5 N–H and O–H groups in total. The van der Waals surface area contributed by atoms with Gasteiger partial charge in [-0.15, -0.1) is 15.6 Å². The minimum atomic E-state index is -5.60. The molecule has 0 aromatic carbocycles. The Morgan fingerprint density at radius 1 is 1.38 bits per heavy atom. The van der Waals surface area contributed by atoms with Gasteiger partial charge in [0.05, 0.1) is 5.92 Å². The molecular formula is C12H15FN2O14P3+. The highest BCUT2D eigenvalue weighted by atomic mass is 31.3. The summed E-state index contributed by atoms with van der Waals surface area (Å²) in [6.07, 6.45) is 2.92. The SMILES string of the molecule is C#C[C@@H]1[C@H](n2ccc(=O)[nH]c2=O)O[C@](CF)(CO[P+](=O)OP(=O)(O)OP(=O)(O)OO)[C@H]1O. The lowest BCUT2D eigenvalue weighted by Crippen LogP contribution is -2.47. The van der Waals surface area contributed by atoms with Crippen molar-refractivity contribution in [1.29, 1.82) is 0 Å². The van der Waals surface area contributed by atoms with Gasteiger partial charge in [-0.1, -0.05) is 5.92 Å². The maximum atomic E-state index is 13.9. The molecule has 1 aromatic heterocycles. The number of aliphatic hydroxyl groups excluding tert-OH is 1. The molecule has 1 aliphatic rings. The maximum absolute atomic E-state index is 13.9. The van der Waals surface area contributed by atoms with Crippen LogP contribution < -0.4 is 11.2 Å². The number of terminal acetylenes is 1. The molecule has 1 aliphatic heterocycles. The molecule has 0 bridgehead atoms. The van der Waals surface area contributed by atoms with Crippen molar-refractivity contribution in [3.63, 3.8) is 0 Å². The zero-order valence-electron chi connectivity index (χ0n) is 15.4. The number of hydrogen-bond acceptors (Lipinski definition) is 12. The van der Waals surface area contributed by atoms with E-state index in [2.05, 4.69) is 23.7 Å². The fourth-order valence-electron chi connectivity index (χ4n) is 2.60. The summed E-state index contributed by atoms with van der Waals surface area (Å²) in [5, 5.41) is 18.5. The Labute approximate surface area is 177 Å². The van der Waals surface area contributed by atoms with E-state index in [1.54, 1.807) is 0 Å². The van der Waals surface area contributed by atoms with Gasteiger partial charge in [0.25, 0.3) is 5.56 Å². The number of halogens is 1. The van der Waals surface area contributed by atoms with Crippen molar-refractivity contribution in [3.05, 3.63) is 33.1 Å². The van der Waals surface area contributed by atoms with Gasteiger partial charge in [0.2, 0.25) is 0 Å². The number of H-pyrrole nitrogens is 1. The number of rotatable bonds is 10. The number of ether oxygens (including phenoxy) is 1. The van der Waals surface area contributed by atoms with Crippen LogP contribution in [0.15, 0.2) is 21.9 Å². The molecule has 0 radical (unpaired) electrons. The predicted octanol–water partition coefficient (Wildman–Crippen LogP) is -0.218. The smallest absolute Gasteiger partial charge is 0.388 e. The first-order valence-electron chi connectivity index (χ1n) is 7.99. The van der Waals surface area contributed by atoms with E-state index in [9.17, 15) is 37.7 Å². The Balaban J connectivity index is 2.19. The molecule has 178 valence electrons. The highest BCUT2D eigenvalue weighted by Crippen LogP contribution is 2.63. The van der Waals surface area contributed by atoms with Crippen molar-refractivity contribution in [2.75, 3.05) is 13.3 Å². The van der Waals surface area contributed by atoms with Crippen LogP contribution in [0.3, 0.4) is 0 Å². The average Bonchev–Trinajstić information content (AvgIpc) is 2.97. The van der Waals surface area contributed by atoms with Gasteiger partial charge < -0.3 is 14.7 Å². The van der Waals surface area contributed by atoms with E-state index < -0.39 is 72.3 Å². The Kier molecular flexibility index (Phi) is 8.41. The van der Waals surface area contributed by atoms with Gasteiger partial charge in [0.15, 0.2) is 11.8 Å². The molecule has 16 nitrogen and oxygen atoms in total. The summed E-state index contributed by atoms with van der Waals surface area (Å²) in [4.78, 5) is 43.1. The van der Waals surface area contributed by atoms with Crippen LogP contribution >= 0.6 is 23.9 Å². The Morgan fingerprint density at radius 3 is 2.56 bits per heavy atom. The van der Waals surface area contributed by atoms with Gasteiger partial charge in [-0.25, -0.2) is 23.6 Å². The number of aliphatic hydroxyl groups is 1. The van der Waals surface area contributed by atoms with Crippen molar-refractivity contribution in [2.45, 2.75) is 17.9 Å². The van der Waals surface area contributed by atoms with Crippen molar-refractivity contribution in [1.82, 2.24) is 9.55 Å². The summed E-state index contributed by atoms with van der Waals surface area (Å²) < 4.78 is 69.1. The zero-order chi connectivity index (χ0) is 24.3. The third kappa shape index (κ3) is 6.03. The maximum Gasteiger partial charge on any atom is 0.708 e. The highest BCUT2D eigenvalue weighted by molar-refractivity contribution is 7.64. The van der Waals surface area contributed by atoms with E-state index in [4.69, 9.17) is 21.3 Å². The molecule has 2 heterocycles. The van der Waals surface area contributed by atoms with Gasteiger partial charge in [-0.3, -0.25) is 19.2 Å². The second-order valence-electron chi connectivity index (χ2n) is 6.04. The lowest BCUT2D eigenvalue weighted by Gasteiger charge is -2.26. The van der Waals surface area contributed by atoms with Crippen LogP contribution in [0.1, 0.15) is 6.23 Å². The minimum absolute atomic E-state index is 0.756. The summed E-state index contributed by atoms with van der Waals surface area (Å²) in [5.41, 5.74) is -4.12. The number of alkyl halides is 1. The van der Waals surface area contributed by atoms with E-state index in [0.717, 1.165) is 16.8 Å². The summed E-state index contributed by atoms with van der Waals surface area (Å²) in [5.74, 6) is 0.728. The molecule has 0 amide bonds. The number of nitrogens with one attached hydrogen (secondary N) is 1. The second kappa shape index (κ2) is 10.1. The quantitative estimate of drug-likeness (QED) is 0.116. The summed E-state index contributed by atoms with van der Waals surface area (Å²) in [7, 11) is -14.7. The van der Waals surface area contributed by atoms with E-state index >= 15 is 0 Å². The van der Waals surface area contributed by atoms with Gasteiger partial charge in [0, 0.05) is 16.8 Å². The molecule has 2 rings (SSSR count). The third-order valence-corrected chi connectivity index (χ3v) is 7.54. The van der Waals surface area contributed by atoms with Crippen LogP contribution in [-0.2, 0) is 36.3 Å². The van der Waals surface area contributed by atoms with Gasteiger partial charge >= 0.3 is 29.6 Å². The number of hydrogen-bond donors (Lipinski definition) is 5. The molecule has 20 heteroatoms. The summed E-state index contributed by atoms with van der Waals surface area (Å²) in [6, 6.07) is 0.927. The van der Waals surface area contributed by atoms with Gasteiger partial charge in [-0.05, 0) is 4.31 Å². The third-order valence-electron chi connectivity index (χ3n) is 3.98. The van der Waals surface area contributed by atoms with Crippen molar-refractivity contribution < 1.29 is 60.8 Å². The van der Waals surface area contributed by atoms with E-state index in [0.29, 0.717) is 0 Å². The predicted molar refractivity (Wildman–Crippen MR) is 97.6 cm³/mol. The first-order chi connectivity index (χ1) is 14.8. The highest BCUT2D eigenvalue weighted by Gasteiger charge is 2.57. The van der Waals surface area contributed by atoms with E-state index in [1.807, 2.05) is 4.98 Å². The fourth-order valence-corrected chi connectivity index (χ4v) is 5.33. The van der Waals surface area contributed by atoms with E-state index in [1.165, 1.54) is 0 Å². The van der Waals surface area contributed by atoms with Crippen LogP contribution in [-0.4, -0.2) is 54.7 Å². The number of aromatic amines is 1. The van der Waals surface area contributed by atoms with Gasteiger partial charge in [0.1, 0.15) is 19.4 Å².